The molecule has 0 aliphatic heterocycles. The Morgan fingerprint density at radius 3 is 2.48 bits per heavy atom. The van der Waals surface area contributed by atoms with Crippen LogP contribution in [-0.4, -0.2) is 16.9 Å². The van der Waals surface area contributed by atoms with Crippen LogP contribution in [0.25, 0.3) is 0 Å². The number of hydrogen-bond acceptors (Lipinski definition) is 4. The molecular weight excluding hydrogens is 324 g/mol. The van der Waals surface area contributed by atoms with Crippen molar-refractivity contribution in [1.29, 1.82) is 0 Å². The maximum Gasteiger partial charge on any atom is 0.337 e. The van der Waals surface area contributed by atoms with Gasteiger partial charge in [-0.25, -0.2) is 10.2 Å². The number of benzene rings is 2. The van der Waals surface area contributed by atoms with E-state index in [9.17, 15) is 19.7 Å². The highest BCUT2D eigenvalue weighted by molar-refractivity contribution is 6.30. The number of carbonyl (C=O) groups is 2. The lowest BCUT2D eigenvalue weighted by Crippen LogP contribution is -2.44. The molecule has 0 saturated heterocycles. The number of nitro benzene ring substituents is 1. The first-order valence-corrected chi connectivity index (χ1v) is 6.71. The van der Waals surface area contributed by atoms with Crippen molar-refractivity contribution in [3.8, 4) is 0 Å². The van der Waals surface area contributed by atoms with Gasteiger partial charge < -0.3 is 5.32 Å². The lowest BCUT2D eigenvalue weighted by molar-refractivity contribution is -0.385. The zero-order valence-corrected chi connectivity index (χ0v) is 12.3. The van der Waals surface area contributed by atoms with E-state index in [1.54, 1.807) is 18.2 Å². The van der Waals surface area contributed by atoms with E-state index in [2.05, 4.69) is 16.2 Å². The molecular formula is C14H11ClN4O4. The standard InChI is InChI=1S/C14H11ClN4O4/c15-9-4-3-5-10(8-9)16-14(21)18-17-13(20)11-6-1-2-7-12(11)19(22)23/h1-8H,(H,17,20)(H2,16,18,21). The van der Waals surface area contributed by atoms with Crippen LogP contribution in [0.4, 0.5) is 16.2 Å². The van der Waals surface area contributed by atoms with Gasteiger partial charge in [0.15, 0.2) is 0 Å². The summed E-state index contributed by atoms with van der Waals surface area (Å²) in [5.41, 5.74) is 4.09. The van der Waals surface area contributed by atoms with Gasteiger partial charge in [-0.1, -0.05) is 29.8 Å². The average Bonchev–Trinajstić information content (AvgIpc) is 2.52. The molecule has 0 saturated carbocycles. The molecule has 3 N–H and O–H groups in total. The molecule has 2 aromatic carbocycles. The van der Waals surface area contributed by atoms with E-state index < -0.39 is 16.9 Å². The van der Waals surface area contributed by atoms with Gasteiger partial charge in [0.1, 0.15) is 5.56 Å². The summed E-state index contributed by atoms with van der Waals surface area (Å²) in [6.45, 7) is 0. The highest BCUT2D eigenvalue weighted by Gasteiger charge is 2.19. The van der Waals surface area contributed by atoms with Crippen molar-refractivity contribution < 1.29 is 14.5 Å². The Labute approximate surface area is 135 Å². The van der Waals surface area contributed by atoms with Gasteiger partial charge in [0, 0.05) is 16.8 Å². The molecule has 2 aromatic rings. The van der Waals surface area contributed by atoms with Gasteiger partial charge >= 0.3 is 6.03 Å². The maximum absolute atomic E-state index is 11.9. The minimum Gasteiger partial charge on any atom is -0.307 e. The predicted molar refractivity (Wildman–Crippen MR) is 84.2 cm³/mol. The Hall–Kier alpha value is -3.13. The molecule has 0 unspecified atom stereocenters. The first-order chi connectivity index (χ1) is 11.0. The Balaban J connectivity index is 1.97. The van der Waals surface area contributed by atoms with Crippen LogP contribution in [0.5, 0.6) is 0 Å². The minimum atomic E-state index is -0.807. The summed E-state index contributed by atoms with van der Waals surface area (Å²) in [6, 6.07) is 11.1. The van der Waals surface area contributed by atoms with Crippen LogP contribution in [0.2, 0.25) is 5.02 Å². The van der Waals surface area contributed by atoms with E-state index in [-0.39, 0.29) is 11.3 Å². The van der Waals surface area contributed by atoms with Crippen molar-refractivity contribution >= 4 is 34.9 Å². The van der Waals surface area contributed by atoms with Gasteiger partial charge in [0.05, 0.1) is 4.92 Å². The van der Waals surface area contributed by atoms with Crippen LogP contribution in [0.15, 0.2) is 48.5 Å². The quantitative estimate of drug-likeness (QED) is 0.591. The number of nitrogens with zero attached hydrogens (tertiary/aromatic N) is 1. The first kappa shape index (κ1) is 16.2. The van der Waals surface area contributed by atoms with Crippen molar-refractivity contribution in [1.82, 2.24) is 10.9 Å². The Bertz CT molecular complexity index is 766. The molecule has 2 rings (SSSR count). The molecule has 3 amide bonds. The number of amides is 3. The zero-order valence-electron chi connectivity index (χ0n) is 11.6. The molecule has 0 spiro atoms. The van der Waals surface area contributed by atoms with E-state index >= 15 is 0 Å². The normalized spacial score (nSPS) is 9.78. The lowest BCUT2D eigenvalue weighted by atomic mass is 10.2. The third kappa shape index (κ3) is 4.42. The van der Waals surface area contributed by atoms with Gasteiger partial charge in [-0.3, -0.25) is 20.3 Å². The summed E-state index contributed by atoms with van der Waals surface area (Å²) in [7, 11) is 0. The fourth-order valence-electron chi connectivity index (χ4n) is 1.73. The Kier molecular flexibility index (Phi) is 5.11. The summed E-state index contributed by atoms with van der Waals surface area (Å²) in [6.07, 6.45) is 0. The molecule has 0 heterocycles. The van der Waals surface area contributed by atoms with Crippen LogP contribution >= 0.6 is 11.6 Å². The molecule has 0 aliphatic rings. The molecule has 9 heteroatoms. The largest absolute Gasteiger partial charge is 0.337 e. The number of hydrazine groups is 1. The molecule has 118 valence electrons. The van der Waals surface area contributed by atoms with Crippen molar-refractivity contribution in [2.45, 2.75) is 0 Å². The smallest absolute Gasteiger partial charge is 0.307 e. The second kappa shape index (κ2) is 7.23. The highest BCUT2D eigenvalue weighted by Crippen LogP contribution is 2.17. The van der Waals surface area contributed by atoms with E-state index in [0.717, 1.165) is 0 Å². The van der Waals surface area contributed by atoms with Crippen molar-refractivity contribution in [2.24, 2.45) is 0 Å². The van der Waals surface area contributed by atoms with Crippen molar-refractivity contribution in [3.05, 3.63) is 69.2 Å². The number of carbonyl (C=O) groups excluding carboxylic acids is 2. The summed E-state index contributed by atoms with van der Waals surface area (Å²) < 4.78 is 0. The summed E-state index contributed by atoms with van der Waals surface area (Å²) in [5, 5.41) is 13.7. The topological polar surface area (TPSA) is 113 Å². The molecule has 0 aliphatic carbocycles. The van der Waals surface area contributed by atoms with Crippen LogP contribution in [0, 0.1) is 10.1 Å². The maximum atomic E-state index is 11.9. The SMILES string of the molecule is O=C(NNC(=O)c1ccccc1[N+](=O)[O-])Nc1cccc(Cl)c1. The number of para-hydroxylation sites is 1. The molecule has 23 heavy (non-hydrogen) atoms. The monoisotopic (exact) mass is 334 g/mol. The number of halogens is 1. The lowest BCUT2D eigenvalue weighted by Gasteiger charge is -2.09. The van der Waals surface area contributed by atoms with Crippen LogP contribution < -0.4 is 16.2 Å². The van der Waals surface area contributed by atoms with E-state index in [0.29, 0.717) is 10.7 Å². The van der Waals surface area contributed by atoms with Gasteiger partial charge in [-0.15, -0.1) is 0 Å². The van der Waals surface area contributed by atoms with Crippen LogP contribution in [-0.2, 0) is 0 Å². The fourth-order valence-corrected chi connectivity index (χ4v) is 1.92. The van der Waals surface area contributed by atoms with Gasteiger partial charge in [0.2, 0.25) is 0 Å². The molecule has 8 nitrogen and oxygen atoms in total. The van der Waals surface area contributed by atoms with Crippen molar-refractivity contribution in [3.63, 3.8) is 0 Å². The molecule has 0 fully saturated rings. The molecule has 0 radical (unpaired) electrons. The highest BCUT2D eigenvalue weighted by atomic mass is 35.5. The second-order valence-electron chi connectivity index (χ2n) is 4.32. The number of hydrogen-bond donors (Lipinski definition) is 3. The average molecular weight is 335 g/mol. The second-order valence-corrected chi connectivity index (χ2v) is 4.75. The van der Waals surface area contributed by atoms with E-state index in [1.165, 1.54) is 30.3 Å². The zero-order chi connectivity index (χ0) is 16.8. The third-order valence-electron chi connectivity index (χ3n) is 2.72. The molecule has 0 atom stereocenters. The Morgan fingerprint density at radius 2 is 1.78 bits per heavy atom. The summed E-state index contributed by atoms with van der Waals surface area (Å²) in [5.74, 6) is -0.807. The Morgan fingerprint density at radius 1 is 1.04 bits per heavy atom. The summed E-state index contributed by atoms with van der Waals surface area (Å²) in [4.78, 5) is 33.7. The van der Waals surface area contributed by atoms with Gasteiger partial charge in [-0.05, 0) is 24.3 Å². The van der Waals surface area contributed by atoms with Crippen LogP contribution in [0.1, 0.15) is 10.4 Å². The fraction of sp³-hybridized carbons (Fsp3) is 0. The van der Waals surface area contributed by atoms with E-state index in [4.69, 9.17) is 11.6 Å². The number of nitro groups is 1. The molecule has 0 bridgehead atoms. The van der Waals surface area contributed by atoms with E-state index in [1.807, 2.05) is 0 Å². The summed E-state index contributed by atoms with van der Waals surface area (Å²) >= 11 is 5.78. The number of urea groups is 1. The first-order valence-electron chi connectivity index (χ1n) is 6.33. The number of nitrogens with one attached hydrogen (secondary N) is 3. The molecule has 0 aromatic heterocycles. The number of rotatable bonds is 3. The van der Waals surface area contributed by atoms with Crippen LogP contribution in [0.3, 0.4) is 0 Å². The van der Waals surface area contributed by atoms with Gasteiger partial charge in [0.25, 0.3) is 11.6 Å². The third-order valence-corrected chi connectivity index (χ3v) is 2.95. The number of anilines is 1. The minimum absolute atomic E-state index is 0.166. The van der Waals surface area contributed by atoms with Gasteiger partial charge in [-0.2, -0.15) is 0 Å². The predicted octanol–water partition coefficient (Wildman–Crippen LogP) is 2.71. The van der Waals surface area contributed by atoms with Crippen molar-refractivity contribution in [2.75, 3.05) is 5.32 Å².